The molecule has 0 aliphatic rings. The minimum atomic E-state index is 0.441. The maximum atomic E-state index is 4.79. The second-order valence-electron chi connectivity index (χ2n) is 7.59. The number of aromatic nitrogens is 6. The zero-order valence-corrected chi connectivity index (χ0v) is 17.1. The molecule has 0 radical (unpaired) electrons. The highest BCUT2D eigenvalue weighted by atomic mass is 15.5. The van der Waals surface area contributed by atoms with Crippen LogP contribution >= 0.6 is 0 Å². The number of benzene rings is 2. The third-order valence-electron chi connectivity index (χ3n) is 5.07. The van der Waals surface area contributed by atoms with E-state index < -0.39 is 0 Å². The molecule has 0 saturated heterocycles. The summed E-state index contributed by atoms with van der Waals surface area (Å²) in [5.41, 5.74) is 6.92. The summed E-state index contributed by atoms with van der Waals surface area (Å²) in [6.07, 6.45) is 1.96. The van der Waals surface area contributed by atoms with E-state index in [-0.39, 0.29) is 0 Å². The van der Waals surface area contributed by atoms with Crippen molar-refractivity contribution in [2.45, 2.75) is 46.1 Å². The molecule has 2 aromatic carbocycles. The number of nitrogens with one attached hydrogen (secondary N) is 1. The van der Waals surface area contributed by atoms with Crippen LogP contribution in [0.1, 0.15) is 50.1 Å². The Bertz CT molecular complexity index is 1060. The Balaban J connectivity index is 1.60. The summed E-state index contributed by atoms with van der Waals surface area (Å²) in [4.78, 5) is 0. The Labute approximate surface area is 171 Å². The van der Waals surface area contributed by atoms with Crippen LogP contribution in [0.2, 0.25) is 0 Å². The quantitative estimate of drug-likeness (QED) is 0.492. The van der Waals surface area contributed by atoms with Crippen LogP contribution in [0, 0.1) is 0 Å². The van der Waals surface area contributed by atoms with Crippen LogP contribution in [-0.4, -0.2) is 30.4 Å². The molecular weight excluding hydrogens is 360 g/mol. The average Bonchev–Trinajstić information content (AvgIpc) is 3.40. The van der Waals surface area contributed by atoms with Crippen molar-refractivity contribution >= 4 is 0 Å². The molecular formula is C23H26N6. The third-order valence-corrected chi connectivity index (χ3v) is 5.07. The van der Waals surface area contributed by atoms with E-state index in [1.807, 2.05) is 18.2 Å². The first kappa shape index (κ1) is 19.1. The monoisotopic (exact) mass is 386 g/mol. The predicted octanol–water partition coefficient (Wildman–Crippen LogP) is 4.85. The van der Waals surface area contributed by atoms with Crippen molar-refractivity contribution in [1.82, 2.24) is 30.4 Å². The Morgan fingerprint density at radius 2 is 1.76 bits per heavy atom. The first-order valence-electron chi connectivity index (χ1n) is 10.1. The first-order valence-corrected chi connectivity index (χ1v) is 10.1. The minimum Gasteiger partial charge on any atom is -0.269 e. The van der Waals surface area contributed by atoms with E-state index >= 15 is 0 Å². The van der Waals surface area contributed by atoms with E-state index in [1.165, 1.54) is 17.0 Å². The lowest BCUT2D eigenvalue weighted by molar-refractivity contribution is 0.568. The van der Waals surface area contributed by atoms with Crippen molar-refractivity contribution in [3.63, 3.8) is 0 Å². The van der Waals surface area contributed by atoms with Crippen molar-refractivity contribution in [3.05, 3.63) is 71.5 Å². The van der Waals surface area contributed by atoms with Gasteiger partial charge in [0.05, 0.1) is 5.69 Å². The second-order valence-corrected chi connectivity index (χ2v) is 7.59. The van der Waals surface area contributed by atoms with Gasteiger partial charge in [0, 0.05) is 24.2 Å². The van der Waals surface area contributed by atoms with Gasteiger partial charge in [-0.25, -0.2) is 0 Å². The molecule has 6 nitrogen and oxygen atoms in total. The average molecular weight is 387 g/mol. The lowest BCUT2D eigenvalue weighted by Crippen LogP contribution is -2.05. The molecule has 0 amide bonds. The van der Waals surface area contributed by atoms with Gasteiger partial charge in [-0.1, -0.05) is 69.3 Å². The fourth-order valence-electron chi connectivity index (χ4n) is 3.52. The van der Waals surface area contributed by atoms with Crippen molar-refractivity contribution < 1.29 is 0 Å². The van der Waals surface area contributed by atoms with Crippen molar-refractivity contribution in [3.8, 4) is 22.5 Å². The number of hydrogen-bond acceptors (Lipinski definition) is 4. The molecule has 148 valence electrons. The van der Waals surface area contributed by atoms with Gasteiger partial charge in [0.25, 0.3) is 0 Å². The van der Waals surface area contributed by atoms with Gasteiger partial charge in [-0.15, -0.1) is 10.2 Å². The number of aromatic amines is 1. The maximum Gasteiger partial charge on any atom is 0.205 e. The van der Waals surface area contributed by atoms with Crippen LogP contribution in [0.4, 0.5) is 0 Å². The molecule has 1 N–H and O–H groups in total. The largest absolute Gasteiger partial charge is 0.269 e. The number of nitrogens with zero attached hydrogens (tertiary/aromatic N) is 5. The molecule has 4 aromatic rings. The van der Waals surface area contributed by atoms with Gasteiger partial charge in [0.15, 0.2) is 0 Å². The van der Waals surface area contributed by atoms with Gasteiger partial charge >= 0.3 is 0 Å². The van der Waals surface area contributed by atoms with E-state index in [9.17, 15) is 0 Å². The molecule has 0 saturated carbocycles. The number of tetrazole rings is 1. The molecule has 0 bridgehead atoms. The number of hydrogen-bond donors (Lipinski definition) is 1. The molecule has 2 heterocycles. The number of rotatable bonds is 7. The lowest BCUT2D eigenvalue weighted by atomic mass is 9.97. The molecule has 0 unspecified atom stereocenters. The van der Waals surface area contributed by atoms with E-state index in [0.29, 0.717) is 11.7 Å². The fraction of sp³-hybridized carbons (Fsp3) is 0.304. The summed E-state index contributed by atoms with van der Waals surface area (Å²) in [6.45, 7) is 7.53. The van der Waals surface area contributed by atoms with Gasteiger partial charge in [-0.3, -0.25) is 4.68 Å². The van der Waals surface area contributed by atoms with E-state index in [2.05, 4.69) is 82.5 Å². The van der Waals surface area contributed by atoms with Crippen LogP contribution in [0.15, 0.2) is 54.6 Å². The highest BCUT2D eigenvalue weighted by Crippen LogP contribution is 2.30. The Morgan fingerprint density at radius 3 is 2.41 bits per heavy atom. The standard InChI is InChI=1S/C23H26N6/c1-4-13-29-19(15-22(26-29)16(2)3)14-17-9-11-18(12-10-17)20-7-5-6-8-21(20)23-24-27-28-25-23/h5-12,15-16H,4,13-14H2,1-3H3,(H,24,25,27,28). The molecule has 0 fully saturated rings. The van der Waals surface area contributed by atoms with Gasteiger partial charge in [-0.05, 0) is 40.3 Å². The SMILES string of the molecule is CCCn1nc(C(C)C)cc1Cc1ccc(-c2ccccc2-c2nn[nH]n2)cc1. The lowest BCUT2D eigenvalue weighted by Gasteiger charge is -2.09. The predicted molar refractivity (Wildman–Crippen MR) is 114 cm³/mol. The molecule has 6 heteroatoms. The zero-order chi connectivity index (χ0) is 20.2. The highest BCUT2D eigenvalue weighted by molar-refractivity contribution is 5.80. The van der Waals surface area contributed by atoms with Crippen LogP contribution in [-0.2, 0) is 13.0 Å². The molecule has 0 atom stereocenters. The topological polar surface area (TPSA) is 72.3 Å². The van der Waals surface area contributed by atoms with Crippen LogP contribution in [0.5, 0.6) is 0 Å². The maximum absolute atomic E-state index is 4.79. The van der Waals surface area contributed by atoms with Gasteiger partial charge in [-0.2, -0.15) is 10.3 Å². The van der Waals surface area contributed by atoms with Crippen molar-refractivity contribution in [2.75, 3.05) is 0 Å². The zero-order valence-electron chi connectivity index (χ0n) is 17.1. The number of aryl methyl sites for hydroxylation is 1. The van der Waals surface area contributed by atoms with E-state index in [0.717, 1.165) is 36.1 Å². The molecule has 0 spiro atoms. The summed E-state index contributed by atoms with van der Waals surface area (Å²) < 4.78 is 2.16. The summed E-state index contributed by atoms with van der Waals surface area (Å²) in [5.74, 6) is 1.05. The third kappa shape index (κ3) is 4.11. The van der Waals surface area contributed by atoms with Crippen LogP contribution < -0.4 is 0 Å². The summed E-state index contributed by atoms with van der Waals surface area (Å²) in [6, 6.07) is 19.1. The molecule has 29 heavy (non-hydrogen) atoms. The Hall–Kier alpha value is -3.28. The first-order chi connectivity index (χ1) is 14.2. The summed E-state index contributed by atoms with van der Waals surface area (Å²) in [7, 11) is 0. The van der Waals surface area contributed by atoms with Gasteiger partial charge < -0.3 is 0 Å². The molecule has 0 aliphatic heterocycles. The van der Waals surface area contributed by atoms with Crippen LogP contribution in [0.25, 0.3) is 22.5 Å². The summed E-state index contributed by atoms with van der Waals surface area (Å²) >= 11 is 0. The summed E-state index contributed by atoms with van der Waals surface area (Å²) in [5, 5.41) is 19.3. The van der Waals surface area contributed by atoms with E-state index in [4.69, 9.17) is 5.10 Å². The van der Waals surface area contributed by atoms with Crippen molar-refractivity contribution in [1.29, 1.82) is 0 Å². The van der Waals surface area contributed by atoms with E-state index in [1.54, 1.807) is 0 Å². The second kappa shape index (κ2) is 8.39. The Morgan fingerprint density at radius 1 is 1.00 bits per heavy atom. The van der Waals surface area contributed by atoms with Crippen LogP contribution in [0.3, 0.4) is 0 Å². The van der Waals surface area contributed by atoms with Gasteiger partial charge in [0.2, 0.25) is 5.82 Å². The molecule has 2 aromatic heterocycles. The van der Waals surface area contributed by atoms with Crippen molar-refractivity contribution in [2.24, 2.45) is 0 Å². The highest BCUT2D eigenvalue weighted by Gasteiger charge is 2.13. The fourth-order valence-corrected chi connectivity index (χ4v) is 3.52. The Kier molecular flexibility index (Phi) is 5.51. The molecule has 4 rings (SSSR count). The smallest absolute Gasteiger partial charge is 0.205 e. The number of H-pyrrole nitrogens is 1. The molecule has 0 aliphatic carbocycles. The van der Waals surface area contributed by atoms with Gasteiger partial charge in [0.1, 0.15) is 0 Å². The minimum absolute atomic E-state index is 0.441. The normalized spacial score (nSPS) is 11.3.